The van der Waals surface area contributed by atoms with Crippen LogP contribution in [0.15, 0.2) is 29.8 Å². The van der Waals surface area contributed by atoms with E-state index in [1.54, 1.807) is 12.3 Å². The first-order chi connectivity index (χ1) is 12.0. The Morgan fingerprint density at radius 3 is 2.88 bits per heavy atom. The SMILES string of the molecule is CC12CCC(O1)c1c2c(O)n(-c2ccc(-c3nccs3)c(Cl)c2)c1O. The molecule has 128 valence electrons. The molecule has 4 heterocycles. The van der Waals surface area contributed by atoms with Gasteiger partial charge in [-0.25, -0.2) is 4.98 Å². The largest absolute Gasteiger partial charge is 0.494 e. The lowest BCUT2D eigenvalue weighted by Gasteiger charge is -2.19. The minimum atomic E-state index is -0.530. The van der Waals surface area contributed by atoms with Crippen LogP contribution in [0, 0.1) is 0 Å². The molecule has 5 rings (SSSR count). The van der Waals surface area contributed by atoms with Crippen LogP contribution >= 0.6 is 22.9 Å². The first-order valence-corrected chi connectivity index (χ1v) is 9.30. The van der Waals surface area contributed by atoms with E-state index in [-0.39, 0.29) is 17.9 Å². The number of halogens is 1. The van der Waals surface area contributed by atoms with Crippen molar-refractivity contribution in [3.05, 3.63) is 45.9 Å². The van der Waals surface area contributed by atoms with Gasteiger partial charge in [-0.15, -0.1) is 11.3 Å². The van der Waals surface area contributed by atoms with Gasteiger partial charge in [0.15, 0.2) is 0 Å². The Balaban J connectivity index is 1.66. The number of benzene rings is 1. The number of thiazole rings is 1. The summed E-state index contributed by atoms with van der Waals surface area (Å²) in [6.07, 6.45) is 3.27. The van der Waals surface area contributed by atoms with Crippen LogP contribution in [-0.4, -0.2) is 19.8 Å². The van der Waals surface area contributed by atoms with Crippen molar-refractivity contribution in [2.75, 3.05) is 0 Å². The van der Waals surface area contributed by atoms with Crippen molar-refractivity contribution in [3.8, 4) is 28.0 Å². The predicted octanol–water partition coefficient (Wildman–Crippen LogP) is 4.75. The lowest BCUT2D eigenvalue weighted by Crippen LogP contribution is -2.16. The van der Waals surface area contributed by atoms with Gasteiger partial charge >= 0.3 is 0 Å². The highest BCUT2D eigenvalue weighted by atomic mass is 35.5. The third-order valence-corrected chi connectivity index (χ3v) is 6.29. The molecule has 5 nitrogen and oxygen atoms in total. The molecule has 2 aliphatic heterocycles. The first kappa shape index (κ1) is 15.3. The summed E-state index contributed by atoms with van der Waals surface area (Å²) in [5, 5.41) is 24.8. The summed E-state index contributed by atoms with van der Waals surface area (Å²) in [6.45, 7) is 1.96. The van der Waals surface area contributed by atoms with E-state index in [2.05, 4.69) is 4.98 Å². The summed E-state index contributed by atoms with van der Waals surface area (Å²) in [5.74, 6) is 0.0502. The Hall–Kier alpha value is -2.02. The van der Waals surface area contributed by atoms with Crippen LogP contribution in [0.4, 0.5) is 0 Å². The van der Waals surface area contributed by atoms with Crippen molar-refractivity contribution in [1.82, 2.24) is 9.55 Å². The summed E-state index contributed by atoms with van der Waals surface area (Å²) in [5.41, 5.74) is 2.30. The van der Waals surface area contributed by atoms with Gasteiger partial charge in [-0.1, -0.05) is 11.6 Å². The van der Waals surface area contributed by atoms with E-state index in [4.69, 9.17) is 16.3 Å². The van der Waals surface area contributed by atoms with Crippen LogP contribution in [0.25, 0.3) is 16.3 Å². The van der Waals surface area contributed by atoms with Gasteiger partial charge in [0.2, 0.25) is 11.8 Å². The average molecular weight is 375 g/mol. The van der Waals surface area contributed by atoms with Crippen LogP contribution in [0.2, 0.25) is 5.02 Å². The molecule has 0 amide bonds. The van der Waals surface area contributed by atoms with Crippen molar-refractivity contribution < 1.29 is 14.9 Å². The highest BCUT2D eigenvalue weighted by Crippen LogP contribution is 2.61. The van der Waals surface area contributed by atoms with Crippen molar-refractivity contribution in [3.63, 3.8) is 0 Å². The number of ether oxygens (including phenoxy) is 1. The number of hydrogen-bond donors (Lipinski definition) is 2. The fourth-order valence-electron chi connectivity index (χ4n) is 4.03. The quantitative estimate of drug-likeness (QED) is 0.679. The average Bonchev–Trinajstić information content (AvgIpc) is 3.31. The molecule has 2 unspecified atom stereocenters. The van der Waals surface area contributed by atoms with Gasteiger partial charge in [0.1, 0.15) is 5.01 Å². The van der Waals surface area contributed by atoms with Crippen molar-refractivity contribution in [2.24, 2.45) is 0 Å². The molecule has 7 heteroatoms. The molecule has 2 aliphatic rings. The van der Waals surface area contributed by atoms with Gasteiger partial charge < -0.3 is 14.9 Å². The molecule has 3 aromatic rings. The molecular weight excluding hydrogens is 360 g/mol. The normalized spacial score (nSPS) is 24.0. The second kappa shape index (κ2) is 5.00. The molecule has 1 fully saturated rings. The number of nitrogens with zero attached hydrogens (tertiary/aromatic N) is 2. The number of rotatable bonds is 2. The maximum absolute atomic E-state index is 10.8. The molecule has 25 heavy (non-hydrogen) atoms. The molecule has 0 radical (unpaired) electrons. The lowest BCUT2D eigenvalue weighted by molar-refractivity contribution is -0.00959. The molecule has 0 spiro atoms. The topological polar surface area (TPSA) is 67.5 Å². The number of fused-ring (bicyclic) bond motifs is 5. The van der Waals surface area contributed by atoms with E-state index in [0.717, 1.165) is 23.4 Å². The van der Waals surface area contributed by atoms with Crippen molar-refractivity contribution in [1.29, 1.82) is 0 Å². The van der Waals surface area contributed by atoms with Crippen LogP contribution in [0.1, 0.15) is 37.0 Å². The Morgan fingerprint density at radius 2 is 2.20 bits per heavy atom. The Morgan fingerprint density at radius 1 is 1.36 bits per heavy atom. The molecule has 2 bridgehead atoms. The fraction of sp³-hybridized carbons (Fsp3) is 0.278. The summed E-state index contributed by atoms with van der Waals surface area (Å²) in [4.78, 5) is 4.27. The lowest BCUT2D eigenvalue weighted by atomic mass is 9.86. The minimum absolute atomic E-state index is 0.0234. The number of aromatic hydroxyl groups is 2. The van der Waals surface area contributed by atoms with Gasteiger partial charge in [-0.3, -0.25) is 4.57 Å². The maximum atomic E-state index is 10.8. The highest BCUT2D eigenvalue weighted by molar-refractivity contribution is 7.13. The van der Waals surface area contributed by atoms with Crippen LogP contribution < -0.4 is 0 Å². The second-order valence-electron chi connectivity index (χ2n) is 6.65. The van der Waals surface area contributed by atoms with Gasteiger partial charge in [-0.05, 0) is 38.0 Å². The second-order valence-corrected chi connectivity index (χ2v) is 7.95. The van der Waals surface area contributed by atoms with Crippen molar-refractivity contribution in [2.45, 2.75) is 31.5 Å². The molecule has 1 saturated heterocycles. The first-order valence-electron chi connectivity index (χ1n) is 8.04. The Labute approximate surface area is 153 Å². The molecular formula is C18H15ClN2O3S. The van der Waals surface area contributed by atoms with Gasteiger partial charge in [0.05, 0.1) is 33.5 Å². The summed E-state index contributed by atoms with van der Waals surface area (Å²) in [7, 11) is 0. The maximum Gasteiger partial charge on any atom is 0.205 e. The molecule has 2 atom stereocenters. The van der Waals surface area contributed by atoms with E-state index >= 15 is 0 Å². The van der Waals surface area contributed by atoms with Gasteiger partial charge in [0, 0.05) is 17.1 Å². The van der Waals surface area contributed by atoms with Crippen LogP contribution in [0.5, 0.6) is 11.8 Å². The smallest absolute Gasteiger partial charge is 0.205 e. The Bertz CT molecular complexity index is 998. The number of aromatic nitrogens is 2. The Kier molecular flexibility index (Phi) is 3.05. The summed E-state index contributed by atoms with van der Waals surface area (Å²) in [6, 6.07) is 5.41. The van der Waals surface area contributed by atoms with Crippen LogP contribution in [0.3, 0.4) is 0 Å². The van der Waals surface area contributed by atoms with Crippen LogP contribution in [-0.2, 0) is 10.3 Å². The fourth-order valence-corrected chi connectivity index (χ4v) is 5.03. The predicted molar refractivity (Wildman–Crippen MR) is 95.6 cm³/mol. The summed E-state index contributed by atoms with van der Waals surface area (Å²) < 4.78 is 7.39. The van der Waals surface area contributed by atoms with E-state index in [9.17, 15) is 10.2 Å². The third-order valence-electron chi connectivity index (χ3n) is 5.17. The molecule has 0 aliphatic carbocycles. The zero-order valence-corrected chi connectivity index (χ0v) is 14.9. The molecule has 2 aromatic heterocycles. The highest BCUT2D eigenvalue weighted by Gasteiger charge is 2.53. The van der Waals surface area contributed by atoms with E-state index in [0.29, 0.717) is 21.8 Å². The van der Waals surface area contributed by atoms with Gasteiger partial charge in [0.25, 0.3) is 0 Å². The molecule has 0 saturated carbocycles. The van der Waals surface area contributed by atoms with E-state index < -0.39 is 5.60 Å². The minimum Gasteiger partial charge on any atom is -0.494 e. The third kappa shape index (κ3) is 1.96. The standard InChI is InChI=1S/C18H15ClN2O3S/c1-18-5-4-12(24-18)13-14(18)17(23)21(16(13)22)9-2-3-10(11(19)8-9)15-20-6-7-25-15/h2-3,6-8,12,22-23H,4-5H2,1H3. The zero-order chi connectivity index (χ0) is 17.3. The molecule has 1 aromatic carbocycles. The van der Waals surface area contributed by atoms with E-state index in [1.165, 1.54) is 15.9 Å². The monoisotopic (exact) mass is 374 g/mol. The van der Waals surface area contributed by atoms with E-state index in [1.807, 2.05) is 24.4 Å². The van der Waals surface area contributed by atoms with Gasteiger partial charge in [-0.2, -0.15) is 0 Å². The number of hydrogen-bond acceptors (Lipinski definition) is 5. The zero-order valence-electron chi connectivity index (χ0n) is 13.4. The summed E-state index contributed by atoms with van der Waals surface area (Å²) >= 11 is 7.94. The van der Waals surface area contributed by atoms with Crippen molar-refractivity contribution >= 4 is 22.9 Å². The molecule has 2 N–H and O–H groups in total.